The number of hydrogen-bond donors (Lipinski definition) is 1. The minimum Gasteiger partial charge on any atom is -0.511 e. The summed E-state index contributed by atoms with van der Waals surface area (Å²) >= 11 is 0. The predicted octanol–water partition coefficient (Wildman–Crippen LogP) is 5.67. The third kappa shape index (κ3) is 3.43. The molecule has 30 heavy (non-hydrogen) atoms. The van der Waals surface area contributed by atoms with Crippen molar-refractivity contribution < 1.29 is 19.4 Å². The van der Waals surface area contributed by atoms with Crippen molar-refractivity contribution in [3.05, 3.63) is 89.2 Å². The van der Waals surface area contributed by atoms with Crippen molar-refractivity contribution in [2.45, 2.75) is 31.1 Å². The van der Waals surface area contributed by atoms with E-state index in [-0.39, 0.29) is 11.7 Å². The molecular formula is C26H26O4. The van der Waals surface area contributed by atoms with Gasteiger partial charge >= 0.3 is 5.97 Å². The Balaban J connectivity index is 1.81. The molecule has 0 unspecified atom stereocenters. The van der Waals surface area contributed by atoms with Gasteiger partial charge in [-0.1, -0.05) is 54.6 Å². The van der Waals surface area contributed by atoms with Crippen LogP contribution in [0.3, 0.4) is 0 Å². The largest absolute Gasteiger partial charge is 0.511 e. The van der Waals surface area contributed by atoms with Crippen molar-refractivity contribution in [2.24, 2.45) is 0 Å². The van der Waals surface area contributed by atoms with Crippen LogP contribution < -0.4 is 4.74 Å². The number of ether oxygens (including phenoxy) is 2. The zero-order valence-electron chi connectivity index (χ0n) is 17.5. The average Bonchev–Trinajstić information content (AvgIpc) is 2.80. The van der Waals surface area contributed by atoms with Crippen molar-refractivity contribution in [1.82, 2.24) is 0 Å². The summed E-state index contributed by atoms with van der Waals surface area (Å²) in [5.41, 5.74) is 1.74. The molecule has 0 amide bonds. The van der Waals surface area contributed by atoms with E-state index in [4.69, 9.17) is 9.47 Å². The molecule has 4 heteroatoms. The first kappa shape index (κ1) is 20.0. The lowest BCUT2D eigenvalue weighted by Crippen LogP contribution is -2.34. The maximum absolute atomic E-state index is 12.5. The number of esters is 1. The van der Waals surface area contributed by atoms with Crippen LogP contribution in [0.1, 0.15) is 36.8 Å². The van der Waals surface area contributed by atoms with Crippen molar-refractivity contribution in [2.75, 3.05) is 14.2 Å². The molecule has 0 bridgehead atoms. The van der Waals surface area contributed by atoms with Gasteiger partial charge in [0.2, 0.25) is 0 Å². The van der Waals surface area contributed by atoms with Crippen LogP contribution in [0.25, 0.3) is 10.8 Å². The van der Waals surface area contributed by atoms with Crippen LogP contribution in [0.4, 0.5) is 0 Å². The molecule has 0 saturated heterocycles. The van der Waals surface area contributed by atoms with Gasteiger partial charge in [-0.2, -0.15) is 0 Å². The Bertz CT molecular complexity index is 1110. The number of methoxy groups -OCH3 is 2. The molecule has 154 valence electrons. The second-order valence-corrected chi connectivity index (χ2v) is 8.09. The lowest BCUT2D eigenvalue weighted by Gasteiger charge is -2.39. The smallest absolute Gasteiger partial charge is 0.337 e. The van der Waals surface area contributed by atoms with Crippen molar-refractivity contribution in [3.63, 3.8) is 0 Å². The standard InChI is InChI=1S/C26H26O4/c1-26(21-10-12-22(29-2)13-11-21)16-20(15-23(24(26)27)25(28)30-3)19-9-8-17-6-4-5-7-18(17)14-19/h4-14,20,27H,15-16H2,1-3H3/t20-,26-/m1/s1. The van der Waals surface area contributed by atoms with Crippen molar-refractivity contribution in [3.8, 4) is 5.75 Å². The average molecular weight is 402 g/mol. The number of hydrogen-bond acceptors (Lipinski definition) is 4. The Hall–Kier alpha value is -3.27. The van der Waals surface area contributed by atoms with Gasteiger partial charge in [0.15, 0.2) is 0 Å². The predicted molar refractivity (Wildman–Crippen MR) is 118 cm³/mol. The molecule has 0 aromatic heterocycles. The maximum atomic E-state index is 12.5. The molecule has 1 aliphatic rings. The quantitative estimate of drug-likeness (QED) is 0.572. The normalized spacial score (nSPS) is 21.5. The number of carbonyl (C=O) groups excluding carboxylic acids is 1. The highest BCUT2D eigenvalue weighted by Crippen LogP contribution is 2.48. The molecule has 0 radical (unpaired) electrons. The molecule has 3 aromatic rings. The van der Waals surface area contributed by atoms with Gasteiger partial charge in [-0.25, -0.2) is 4.79 Å². The first-order valence-corrected chi connectivity index (χ1v) is 10.1. The summed E-state index contributed by atoms with van der Waals surface area (Å²) in [6.07, 6.45) is 1.13. The molecule has 0 aliphatic heterocycles. The van der Waals surface area contributed by atoms with E-state index in [0.29, 0.717) is 18.4 Å². The van der Waals surface area contributed by atoms with Gasteiger partial charge in [0, 0.05) is 0 Å². The topological polar surface area (TPSA) is 55.8 Å². The maximum Gasteiger partial charge on any atom is 0.337 e. The molecule has 0 saturated carbocycles. The van der Waals surface area contributed by atoms with E-state index in [9.17, 15) is 9.90 Å². The number of rotatable bonds is 4. The van der Waals surface area contributed by atoms with E-state index in [1.165, 1.54) is 17.9 Å². The SMILES string of the molecule is COC(=O)C1=C(O)[C@@](C)(c2ccc(OC)cc2)C[C@H](c2ccc3ccccc3c2)C1. The highest BCUT2D eigenvalue weighted by molar-refractivity contribution is 5.90. The Labute approximate surface area is 176 Å². The van der Waals surface area contributed by atoms with Gasteiger partial charge in [0.1, 0.15) is 11.5 Å². The highest BCUT2D eigenvalue weighted by Gasteiger charge is 2.43. The van der Waals surface area contributed by atoms with Crippen molar-refractivity contribution >= 4 is 16.7 Å². The van der Waals surface area contributed by atoms with Crippen LogP contribution in [0.2, 0.25) is 0 Å². The lowest BCUT2D eigenvalue weighted by molar-refractivity contribution is -0.136. The van der Waals surface area contributed by atoms with E-state index in [2.05, 4.69) is 30.3 Å². The molecular weight excluding hydrogens is 376 g/mol. The summed E-state index contributed by atoms with van der Waals surface area (Å²) in [6, 6.07) is 22.3. The van der Waals surface area contributed by atoms with Crippen LogP contribution in [-0.2, 0) is 14.9 Å². The lowest BCUT2D eigenvalue weighted by atomic mass is 9.66. The molecule has 1 aliphatic carbocycles. The minimum absolute atomic E-state index is 0.0757. The number of allylic oxidation sites excluding steroid dienone is 1. The Morgan fingerprint density at radius 3 is 2.37 bits per heavy atom. The minimum atomic E-state index is -0.704. The second kappa shape index (κ2) is 7.86. The third-order valence-electron chi connectivity index (χ3n) is 6.32. The van der Waals surface area contributed by atoms with E-state index < -0.39 is 11.4 Å². The fraction of sp³-hybridized carbons (Fsp3) is 0.269. The van der Waals surface area contributed by atoms with E-state index in [1.54, 1.807) is 7.11 Å². The summed E-state index contributed by atoms with van der Waals surface area (Å²) in [4.78, 5) is 12.5. The summed E-state index contributed by atoms with van der Waals surface area (Å²) in [6.45, 7) is 1.99. The van der Waals surface area contributed by atoms with E-state index >= 15 is 0 Å². The molecule has 2 atom stereocenters. The van der Waals surface area contributed by atoms with Gasteiger partial charge in [0.05, 0.1) is 25.2 Å². The Kier molecular flexibility index (Phi) is 5.25. The van der Waals surface area contributed by atoms with Gasteiger partial charge in [-0.05, 0) is 59.7 Å². The molecule has 0 fully saturated rings. The number of carbonyl (C=O) groups is 1. The molecule has 3 aromatic carbocycles. The first-order chi connectivity index (χ1) is 14.5. The summed E-state index contributed by atoms with van der Waals surface area (Å²) in [5, 5.41) is 13.5. The number of aliphatic hydroxyl groups excluding tert-OH is 1. The van der Waals surface area contributed by atoms with Crippen molar-refractivity contribution in [1.29, 1.82) is 0 Å². The third-order valence-corrected chi connectivity index (χ3v) is 6.32. The van der Waals surface area contributed by atoms with Crippen LogP contribution >= 0.6 is 0 Å². The van der Waals surface area contributed by atoms with Gasteiger partial charge in [0.25, 0.3) is 0 Å². The van der Waals surface area contributed by atoms with Gasteiger partial charge < -0.3 is 14.6 Å². The van der Waals surface area contributed by atoms with Crippen LogP contribution in [0, 0.1) is 0 Å². The number of aliphatic hydroxyl groups is 1. The monoisotopic (exact) mass is 402 g/mol. The summed E-state index contributed by atoms with van der Waals surface area (Å²) in [5.74, 6) is 0.446. The Morgan fingerprint density at radius 1 is 1.00 bits per heavy atom. The van der Waals surface area contributed by atoms with Gasteiger partial charge in [-0.3, -0.25) is 0 Å². The summed E-state index contributed by atoms with van der Waals surface area (Å²) < 4.78 is 10.3. The fourth-order valence-corrected chi connectivity index (χ4v) is 4.55. The fourth-order valence-electron chi connectivity index (χ4n) is 4.55. The van der Waals surface area contributed by atoms with Crippen LogP contribution in [-0.4, -0.2) is 25.3 Å². The summed E-state index contributed by atoms with van der Waals surface area (Å²) in [7, 11) is 2.98. The Morgan fingerprint density at radius 2 is 1.70 bits per heavy atom. The van der Waals surface area contributed by atoms with E-state index in [1.807, 2.05) is 43.3 Å². The number of fused-ring (bicyclic) bond motifs is 1. The highest BCUT2D eigenvalue weighted by atomic mass is 16.5. The molecule has 0 spiro atoms. The molecule has 0 heterocycles. The first-order valence-electron chi connectivity index (χ1n) is 10.1. The van der Waals surface area contributed by atoms with Gasteiger partial charge in [-0.15, -0.1) is 0 Å². The van der Waals surface area contributed by atoms with Crippen LogP contribution in [0.15, 0.2) is 78.1 Å². The molecule has 1 N–H and O–H groups in total. The zero-order chi connectivity index (χ0) is 21.3. The van der Waals surface area contributed by atoms with Crippen LogP contribution in [0.5, 0.6) is 5.75 Å². The van der Waals surface area contributed by atoms with E-state index in [0.717, 1.165) is 16.9 Å². The molecule has 4 rings (SSSR count). The number of benzene rings is 3. The second-order valence-electron chi connectivity index (χ2n) is 8.09. The molecule has 4 nitrogen and oxygen atoms in total. The zero-order valence-corrected chi connectivity index (χ0v) is 17.5.